The van der Waals surface area contributed by atoms with Crippen molar-refractivity contribution in [3.8, 4) is 0 Å². The molecule has 2 atom stereocenters. The van der Waals surface area contributed by atoms with Crippen LogP contribution in [-0.2, 0) is 14.3 Å². The summed E-state index contributed by atoms with van der Waals surface area (Å²) in [5, 5.41) is 0. The molecule has 3 heteroatoms. The van der Waals surface area contributed by atoms with Crippen LogP contribution in [0.5, 0.6) is 0 Å². The van der Waals surface area contributed by atoms with E-state index in [1.807, 2.05) is 0 Å². The van der Waals surface area contributed by atoms with Gasteiger partial charge in [-0.1, -0.05) is 104 Å². The predicted octanol–water partition coefficient (Wildman–Crippen LogP) is 6.58. The Morgan fingerprint density at radius 3 is 1.68 bits per heavy atom. The van der Waals surface area contributed by atoms with E-state index < -0.39 is 0 Å². The second-order valence-corrected chi connectivity index (χ2v) is 7.80. The SMILES string of the molecule is CCCCCCCCCCCCCCCC(CC)C1CC(=O)OC1=O. The van der Waals surface area contributed by atoms with Crippen LogP contribution in [0.15, 0.2) is 0 Å². The van der Waals surface area contributed by atoms with E-state index >= 15 is 0 Å². The van der Waals surface area contributed by atoms with Crippen LogP contribution in [-0.4, -0.2) is 11.9 Å². The number of esters is 2. The first-order valence-corrected chi connectivity index (χ1v) is 10.9. The van der Waals surface area contributed by atoms with E-state index in [0.29, 0.717) is 12.3 Å². The molecule has 0 saturated carbocycles. The molecule has 0 aromatic carbocycles. The van der Waals surface area contributed by atoms with E-state index in [1.165, 1.54) is 83.5 Å². The fourth-order valence-corrected chi connectivity index (χ4v) is 3.97. The normalized spacial score (nSPS) is 18.6. The lowest BCUT2D eigenvalue weighted by atomic mass is 9.84. The van der Waals surface area contributed by atoms with Crippen molar-refractivity contribution in [3.63, 3.8) is 0 Å². The highest BCUT2D eigenvalue weighted by Crippen LogP contribution is 2.30. The Morgan fingerprint density at radius 1 is 0.800 bits per heavy atom. The van der Waals surface area contributed by atoms with Crippen LogP contribution >= 0.6 is 0 Å². The molecule has 0 aliphatic carbocycles. The molecule has 0 radical (unpaired) electrons. The van der Waals surface area contributed by atoms with Crippen molar-refractivity contribution in [2.75, 3.05) is 0 Å². The van der Waals surface area contributed by atoms with Crippen LogP contribution in [0.25, 0.3) is 0 Å². The number of carbonyl (C=O) groups excluding carboxylic acids is 2. The summed E-state index contributed by atoms with van der Waals surface area (Å²) in [5.74, 6) is -0.466. The third-order valence-corrected chi connectivity index (χ3v) is 5.68. The lowest BCUT2D eigenvalue weighted by Gasteiger charge is -2.18. The number of ether oxygens (including phenoxy) is 1. The van der Waals surface area contributed by atoms with Gasteiger partial charge in [0.1, 0.15) is 0 Å². The smallest absolute Gasteiger partial charge is 0.317 e. The van der Waals surface area contributed by atoms with Crippen molar-refractivity contribution < 1.29 is 14.3 Å². The largest absolute Gasteiger partial charge is 0.393 e. The molecule has 0 bridgehead atoms. The first-order chi connectivity index (χ1) is 12.2. The summed E-state index contributed by atoms with van der Waals surface area (Å²) in [6.07, 6.45) is 20.0. The Hall–Kier alpha value is -0.860. The fourth-order valence-electron chi connectivity index (χ4n) is 3.97. The Kier molecular flexibility index (Phi) is 12.7. The van der Waals surface area contributed by atoms with Gasteiger partial charge >= 0.3 is 11.9 Å². The van der Waals surface area contributed by atoms with Gasteiger partial charge in [-0.15, -0.1) is 0 Å². The number of rotatable bonds is 16. The number of hydrogen-bond acceptors (Lipinski definition) is 3. The number of unbranched alkanes of at least 4 members (excludes halogenated alkanes) is 12. The van der Waals surface area contributed by atoms with E-state index in [2.05, 4.69) is 13.8 Å². The summed E-state index contributed by atoms with van der Waals surface area (Å²) in [6, 6.07) is 0. The Bertz CT molecular complexity index is 364. The molecule has 0 spiro atoms. The summed E-state index contributed by atoms with van der Waals surface area (Å²) in [7, 11) is 0. The van der Waals surface area contributed by atoms with Crippen molar-refractivity contribution in [1.29, 1.82) is 0 Å². The molecule has 2 unspecified atom stereocenters. The molecule has 0 N–H and O–H groups in total. The molecule has 1 saturated heterocycles. The van der Waals surface area contributed by atoms with Crippen LogP contribution < -0.4 is 0 Å². The van der Waals surface area contributed by atoms with Gasteiger partial charge < -0.3 is 4.74 Å². The van der Waals surface area contributed by atoms with E-state index in [0.717, 1.165) is 12.8 Å². The minimum Gasteiger partial charge on any atom is -0.393 e. The third kappa shape index (κ3) is 10.0. The van der Waals surface area contributed by atoms with Gasteiger partial charge in [0.2, 0.25) is 0 Å². The highest BCUT2D eigenvalue weighted by atomic mass is 16.6. The van der Waals surface area contributed by atoms with Gasteiger partial charge in [-0.3, -0.25) is 9.59 Å². The second kappa shape index (κ2) is 14.3. The van der Waals surface area contributed by atoms with E-state index in [1.54, 1.807) is 0 Å². The molecule has 25 heavy (non-hydrogen) atoms. The molecule has 3 nitrogen and oxygen atoms in total. The Morgan fingerprint density at radius 2 is 1.28 bits per heavy atom. The molecular formula is C22H40O3. The van der Waals surface area contributed by atoms with Gasteiger partial charge in [-0.25, -0.2) is 0 Å². The van der Waals surface area contributed by atoms with E-state index in [9.17, 15) is 9.59 Å². The van der Waals surface area contributed by atoms with Crippen LogP contribution in [0.4, 0.5) is 0 Å². The molecule has 1 aliphatic heterocycles. The molecule has 0 aromatic heterocycles. The second-order valence-electron chi connectivity index (χ2n) is 7.80. The number of carbonyl (C=O) groups is 2. The zero-order chi connectivity index (χ0) is 18.3. The van der Waals surface area contributed by atoms with Gasteiger partial charge in [-0.2, -0.15) is 0 Å². The highest BCUT2D eigenvalue weighted by Gasteiger charge is 2.37. The standard InChI is InChI=1S/C22H40O3/c1-3-5-6-7-8-9-10-11-12-13-14-15-16-17-19(4-2)20-18-21(23)25-22(20)24/h19-20H,3-18H2,1-2H3. The van der Waals surface area contributed by atoms with Gasteiger partial charge in [-0.05, 0) is 12.3 Å². The summed E-state index contributed by atoms with van der Waals surface area (Å²) < 4.78 is 4.70. The lowest BCUT2D eigenvalue weighted by Crippen LogP contribution is -2.19. The molecule has 146 valence electrons. The van der Waals surface area contributed by atoms with Gasteiger partial charge in [0, 0.05) is 0 Å². The molecule has 1 rings (SSSR count). The highest BCUT2D eigenvalue weighted by molar-refractivity contribution is 5.94. The van der Waals surface area contributed by atoms with Crippen molar-refractivity contribution in [1.82, 2.24) is 0 Å². The molecule has 1 heterocycles. The zero-order valence-corrected chi connectivity index (χ0v) is 16.7. The minimum atomic E-state index is -0.334. The molecule has 1 fully saturated rings. The molecule has 0 aromatic rings. The molecule has 0 amide bonds. The third-order valence-electron chi connectivity index (χ3n) is 5.68. The Labute approximate surface area is 155 Å². The molecular weight excluding hydrogens is 312 g/mol. The first kappa shape index (κ1) is 22.2. The van der Waals surface area contributed by atoms with E-state index in [-0.39, 0.29) is 17.9 Å². The quantitative estimate of drug-likeness (QED) is 0.179. The van der Waals surface area contributed by atoms with Crippen LogP contribution in [0.2, 0.25) is 0 Å². The lowest BCUT2D eigenvalue weighted by molar-refractivity contribution is -0.153. The van der Waals surface area contributed by atoms with Crippen molar-refractivity contribution in [3.05, 3.63) is 0 Å². The molecule has 1 aliphatic rings. The summed E-state index contributed by atoms with van der Waals surface area (Å²) in [4.78, 5) is 22.9. The Balaban J connectivity index is 1.91. The van der Waals surface area contributed by atoms with Crippen molar-refractivity contribution >= 4 is 11.9 Å². The van der Waals surface area contributed by atoms with Crippen molar-refractivity contribution in [2.24, 2.45) is 11.8 Å². The number of cyclic esters (lactones) is 2. The average Bonchev–Trinajstić information content (AvgIpc) is 2.93. The first-order valence-electron chi connectivity index (χ1n) is 10.9. The van der Waals surface area contributed by atoms with Crippen LogP contribution in [0.3, 0.4) is 0 Å². The maximum absolute atomic E-state index is 11.7. The zero-order valence-electron chi connectivity index (χ0n) is 16.7. The summed E-state index contributed by atoms with van der Waals surface area (Å²) in [6.45, 7) is 4.38. The summed E-state index contributed by atoms with van der Waals surface area (Å²) >= 11 is 0. The fraction of sp³-hybridized carbons (Fsp3) is 0.909. The monoisotopic (exact) mass is 352 g/mol. The maximum atomic E-state index is 11.7. The van der Waals surface area contributed by atoms with Gasteiger partial charge in [0.15, 0.2) is 0 Å². The average molecular weight is 353 g/mol. The summed E-state index contributed by atoms with van der Waals surface area (Å²) in [5.41, 5.74) is 0. The number of hydrogen-bond donors (Lipinski definition) is 0. The van der Waals surface area contributed by atoms with Crippen molar-refractivity contribution in [2.45, 2.75) is 117 Å². The van der Waals surface area contributed by atoms with Crippen LogP contribution in [0.1, 0.15) is 117 Å². The van der Waals surface area contributed by atoms with Gasteiger partial charge in [0.05, 0.1) is 12.3 Å². The van der Waals surface area contributed by atoms with Gasteiger partial charge in [0.25, 0.3) is 0 Å². The predicted molar refractivity (Wildman–Crippen MR) is 103 cm³/mol. The van der Waals surface area contributed by atoms with Crippen LogP contribution in [0, 0.1) is 11.8 Å². The topological polar surface area (TPSA) is 43.4 Å². The maximum Gasteiger partial charge on any atom is 0.317 e. The minimum absolute atomic E-state index is 0.171. The van der Waals surface area contributed by atoms with E-state index in [4.69, 9.17) is 4.74 Å².